The molecule has 0 aromatic carbocycles. The number of carboxylic acids is 1. The summed E-state index contributed by atoms with van der Waals surface area (Å²) in [4.78, 5) is 23.9. The van der Waals surface area contributed by atoms with Crippen LogP contribution in [0.5, 0.6) is 0 Å². The molecule has 0 aliphatic rings. The van der Waals surface area contributed by atoms with Gasteiger partial charge >= 0.3 is 12.0 Å². The molecule has 1 aromatic rings. The van der Waals surface area contributed by atoms with Gasteiger partial charge in [-0.05, 0) is 28.8 Å². The predicted octanol–water partition coefficient (Wildman–Crippen LogP) is 1.75. The SMILES string of the molecule is CCC(NC(=O)N(C)Cc1ccsc1)C(=O)O. The lowest BCUT2D eigenvalue weighted by Gasteiger charge is -2.20. The summed E-state index contributed by atoms with van der Waals surface area (Å²) in [6, 6.07) is 0.737. The molecule has 2 N–H and O–H groups in total. The highest BCUT2D eigenvalue weighted by molar-refractivity contribution is 7.07. The lowest BCUT2D eigenvalue weighted by molar-refractivity contribution is -0.139. The summed E-state index contributed by atoms with van der Waals surface area (Å²) in [5, 5.41) is 15.2. The summed E-state index contributed by atoms with van der Waals surface area (Å²) in [5.41, 5.74) is 1.04. The summed E-state index contributed by atoms with van der Waals surface area (Å²) in [6.45, 7) is 2.20. The van der Waals surface area contributed by atoms with Crippen molar-refractivity contribution in [2.45, 2.75) is 25.9 Å². The molecule has 0 radical (unpaired) electrons. The maximum Gasteiger partial charge on any atom is 0.326 e. The standard InChI is InChI=1S/C11H16N2O3S/c1-3-9(10(14)15)12-11(16)13(2)6-8-4-5-17-7-8/h4-5,7,9H,3,6H2,1-2H3,(H,12,16)(H,14,15). The molecule has 0 bridgehead atoms. The van der Waals surface area contributed by atoms with Gasteiger partial charge in [0.2, 0.25) is 0 Å². The van der Waals surface area contributed by atoms with Crippen molar-refractivity contribution in [3.63, 3.8) is 0 Å². The number of carbonyl (C=O) groups excluding carboxylic acids is 1. The predicted molar refractivity (Wildman–Crippen MR) is 66.0 cm³/mol. The minimum absolute atomic E-state index is 0.368. The van der Waals surface area contributed by atoms with Crippen LogP contribution in [0.15, 0.2) is 16.8 Å². The first-order chi connectivity index (χ1) is 8.04. The quantitative estimate of drug-likeness (QED) is 0.843. The number of rotatable bonds is 5. The Morgan fingerprint density at radius 3 is 2.76 bits per heavy atom. The van der Waals surface area contributed by atoms with Gasteiger partial charge in [0, 0.05) is 13.6 Å². The van der Waals surface area contributed by atoms with Gasteiger partial charge in [0.25, 0.3) is 0 Å². The molecule has 1 atom stereocenters. The summed E-state index contributed by atoms with van der Waals surface area (Å²) in [6.07, 6.45) is 0.368. The van der Waals surface area contributed by atoms with E-state index in [0.717, 1.165) is 5.56 Å². The minimum atomic E-state index is -1.01. The van der Waals surface area contributed by atoms with Crippen LogP contribution < -0.4 is 5.32 Å². The van der Waals surface area contributed by atoms with E-state index in [2.05, 4.69) is 5.32 Å². The van der Waals surface area contributed by atoms with Gasteiger partial charge < -0.3 is 15.3 Å². The van der Waals surface area contributed by atoms with E-state index in [0.29, 0.717) is 13.0 Å². The van der Waals surface area contributed by atoms with Gasteiger partial charge in [-0.1, -0.05) is 6.92 Å². The molecule has 1 aromatic heterocycles. The third-order valence-electron chi connectivity index (χ3n) is 2.35. The highest BCUT2D eigenvalue weighted by Crippen LogP contribution is 2.08. The number of hydrogen-bond acceptors (Lipinski definition) is 3. The summed E-state index contributed by atoms with van der Waals surface area (Å²) in [7, 11) is 1.64. The van der Waals surface area contributed by atoms with Crippen molar-refractivity contribution >= 4 is 23.3 Å². The molecule has 0 saturated carbocycles. The van der Waals surface area contributed by atoms with Crippen LogP contribution in [0.25, 0.3) is 0 Å². The number of aliphatic carboxylic acids is 1. The van der Waals surface area contributed by atoms with E-state index < -0.39 is 12.0 Å². The number of hydrogen-bond donors (Lipinski definition) is 2. The molecular weight excluding hydrogens is 240 g/mol. The molecule has 1 unspecified atom stereocenters. The zero-order valence-electron chi connectivity index (χ0n) is 9.84. The number of carboxylic acid groups (broad SMARTS) is 1. The summed E-state index contributed by atoms with van der Waals surface area (Å²) >= 11 is 1.56. The van der Waals surface area contributed by atoms with Gasteiger partial charge in [-0.2, -0.15) is 11.3 Å². The van der Waals surface area contributed by atoms with E-state index >= 15 is 0 Å². The average molecular weight is 256 g/mol. The second kappa shape index (κ2) is 6.24. The second-order valence-electron chi connectivity index (χ2n) is 3.74. The molecule has 0 fully saturated rings. The van der Waals surface area contributed by atoms with Crippen molar-refractivity contribution in [1.29, 1.82) is 0 Å². The molecule has 0 spiro atoms. The van der Waals surface area contributed by atoms with Gasteiger partial charge in [-0.15, -0.1) is 0 Å². The maximum absolute atomic E-state index is 11.7. The van der Waals surface area contributed by atoms with Crippen molar-refractivity contribution in [2.24, 2.45) is 0 Å². The Bertz CT molecular complexity index is 378. The molecular formula is C11H16N2O3S. The normalized spacial score (nSPS) is 11.9. The smallest absolute Gasteiger partial charge is 0.326 e. The summed E-state index contributed by atoms with van der Waals surface area (Å²) in [5.74, 6) is -1.01. The zero-order chi connectivity index (χ0) is 12.8. The van der Waals surface area contributed by atoms with Gasteiger partial charge in [0.1, 0.15) is 6.04 Å². The number of nitrogens with one attached hydrogen (secondary N) is 1. The zero-order valence-corrected chi connectivity index (χ0v) is 10.7. The van der Waals surface area contributed by atoms with Crippen molar-refractivity contribution in [3.8, 4) is 0 Å². The highest BCUT2D eigenvalue weighted by atomic mass is 32.1. The number of carbonyl (C=O) groups is 2. The first-order valence-electron chi connectivity index (χ1n) is 5.30. The fourth-order valence-electron chi connectivity index (χ4n) is 1.33. The van der Waals surface area contributed by atoms with Crippen LogP contribution in [0.4, 0.5) is 4.79 Å². The highest BCUT2D eigenvalue weighted by Gasteiger charge is 2.19. The lowest BCUT2D eigenvalue weighted by Crippen LogP contribution is -2.46. The molecule has 17 heavy (non-hydrogen) atoms. The van der Waals surface area contributed by atoms with E-state index in [1.807, 2.05) is 16.8 Å². The van der Waals surface area contributed by atoms with Crippen LogP contribution in [0, 0.1) is 0 Å². The Morgan fingerprint density at radius 2 is 2.29 bits per heavy atom. The Hall–Kier alpha value is -1.56. The van der Waals surface area contributed by atoms with E-state index in [1.54, 1.807) is 25.3 Å². The number of thiophene rings is 1. The van der Waals surface area contributed by atoms with Gasteiger partial charge in [-0.25, -0.2) is 9.59 Å². The molecule has 0 aliphatic heterocycles. The second-order valence-corrected chi connectivity index (χ2v) is 4.52. The minimum Gasteiger partial charge on any atom is -0.480 e. The fraction of sp³-hybridized carbons (Fsp3) is 0.455. The van der Waals surface area contributed by atoms with Crippen LogP contribution >= 0.6 is 11.3 Å². The molecule has 0 saturated heterocycles. The van der Waals surface area contributed by atoms with E-state index in [1.165, 1.54) is 4.90 Å². The van der Waals surface area contributed by atoms with Crippen LogP contribution in [0.2, 0.25) is 0 Å². The van der Waals surface area contributed by atoms with E-state index in [4.69, 9.17) is 5.11 Å². The first-order valence-corrected chi connectivity index (χ1v) is 6.24. The molecule has 94 valence electrons. The van der Waals surface area contributed by atoms with Gasteiger partial charge in [0.15, 0.2) is 0 Å². The van der Waals surface area contributed by atoms with Crippen LogP contribution in [-0.4, -0.2) is 35.1 Å². The topological polar surface area (TPSA) is 69.6 Å². The Kier molecular flexibility index (Phi) is 4.96. The molecule has 1 rings (SSSR count). The van der Waals surface area contributed by atoms with E-state index in [-0.39, 0.29) is 6.03 Å². The Morgan fingerprint density at radius 1 is 1.59 bits per heavy atom. The fourth-order valence-corrected chi connectivity index (χ4v) is 1.99. The molecule has 2 amide bonds. The Balaban J connectivity index is 2.49. The average Bonchev–Trinajstić information content (AvgIpc) is 2.77. The van der Waals surface area contributed by atoms with Crippen LogP contribution in [0.1, 0.15) is 18.9 Å². The summed E-state index contributed by atoms with van der Waals surface area (Å²) < 4.78 is 0. The number of urea groups is 1. The van der Waals surface area contributed by atoms with Crippen molar-refractivity contribution in [2.75, 3.05) is 7.05 Å². The lowest BCUT2D eigenvalue weighted by atomic mass is 10.2. The molecule has 1 heterocycles. The van der Waals surface area contributed by atoms with Crippen LogP contribution in [0.3, 0.4) is 0 Å². The first kappa shape index (κ1) is 13.5. The largest absolute Gasteiger partial charge is 0.480 e. The Labute approximate surface area is 104 Å². The number of amides is 2. The molecule has 5 nitrogen and oxygen atoms in total. The number of nitrogens with zero attached hydrogens (tertiary/aromatic N) is 1. The van der Waals surface area contributed by atoms with Crippen molar-refractivity contribution < 1.29 is 14.7 Å². The molecule has 6 heteroatoms. The van der Waals surface area contributed by atoms with E-state index in [9.17, 15) is 9.59 Å². The maximum atomic E-state index is 11.7. The third kappa shape index (κ3) is 4.07. The van der Waals surface area contributed by atoms with Crippen molar-refractivity contribution in [3.05, 3.63) is 22.4 Å². The van der Waals surface area contributed by atoms with Gasteiger partial charge in [0.05, 0.1) is 0 Å². The van der Waals surface area contributed by atoms with Gasteiger partial charge in [-0.3, -0.25) is 0 Å². The monoisotopic (exact) mass is 256 g/mol. The third-order valence-corrected chi connectivity index (χ3v) is 3.08. The van der Waals surface area contributed by atoms with Crippen LogP contribution in [-0.2, 0) is 11.3 Å². The molecule has 0 aliphatic carbocycles. The van der Waals surface area contributed by atoms with Crippen molar-refractivity contribution in [1.82, 2.24) is 10.2 Å².